The van der Waals surface area contributed by atoms with Gasteiger partial charge in [-0.2, -0.15) is 0 Å². The van der Waals surface area contributed by atoms with E-state index in [1.54, 1.807) is 0 Å². The zero-order valence-corrected chi connectivity index (χ0v) is 28.6. The summed E-state index contributed by atoms with van der Waals surface area (Å²) < 4.78 is 5.01. The quantitative estimate of drug-likeness (QED) is 0.171. The first-order valence-electron chi connectivity index (χ1n) is 17.3. The molecule has 10 rings (SSSR count). The average Bonchev–Trinajstić information content (AvgIpc) is 3.74. The van der Waals surface area contributed by atoms with E-state index in [1.807, 2.05) is 11.3 Å². The summed E-state index contributed by atoms with van der Waals surface area (Å²) in [4.78, 5) is 2.40. The Kier molecular flexibility index (Phi) is 7.04. The zero-order valence-electron chi connectivity index (χ0n) is 27.8. The predicted molar refractivity (Wildman–Crippen MR) is 219 cm³/mol. The van der Waals surface area contributed by atoms with E-state index in [9.17, 15) is 0 Å². The number of hydrogen-bond acceptors (Lipinski definition) is 2. The Morgan fingerprint density at radius 2 is 0.961 bits per heavy atom. The SMILES string of the molecule is c1ccc(-c2cc(-c3ccc4c5ccccc5n(-c5ccccc5)c4c3)cc(N(c3ccccc3)c3ccc4sc5ccccc5c4c3)c2)cc1. The lowest BCUT2D eigenvalue weighted by Gasteiger charge is -2.27. The van der Waals surface area contributed by atoms with E-state index in [0.717, 1.165) is 22.7 Å². The van der Waals surface area contributed by atoms with Gasteiger partial charge in [0.05, 0.1) is 11.0 Å². The maximum Gasteiger partial charge on any atom is 0.0547 e. The topological polar surface area (TPSA) is 8.17 Å². The van der Waals surface area contributed by atoms with Crippen LogP contribution in [0.4, 0.5) is 17.1 Å². The molecule has 10 aromatic rings. The van der Waals surface area contributed by atoms with Gasteiger partial charge in [-0.15, -0.1) is 11.3 Å². The molecule has 8 aromatic carbocycles. The number of hydrogen-bond donors (Lipinski definition) is 0. The van der Waals surface area contributed by atoms with Gasteiger partial charge in [-0.3, -0.25) is 0 Å². The predicted octanol–water partition coefficient (Wildman–Crippen LogP) is 14.0. The van der Waals surface area contributed by atoms with Crippen LogP contribution in [0.25, 0.3) is 69.9 Å². The van der Waals surface area contributed by atoms with Crippen LogP contribution in [0.2, 0.25) is 0 Å². The molecule has 0 aliphatic rings. The molecule has 2 aromatic heterocycles. The second-order valence-corrected chi connectivity index (χ2v) is 14.1. The number of rotatable bonds is 6. The molecule has 0 bridgehead atoms. The van der Waals surface area contributed by atoms with E-state index in [0.29, 0.717) is 0 Å². The number of aromatic nitrogens is 1. The monoisotopic (exact) mass is 668 g/mol. The third-order valence-electron chi connectivity index (χ3n) is 9.94. The number of anilines is 3. The van der Waals surface area contributed by atoms with Crippen LogP contribution >= 0.6 is 11.3 Å². The number of fused-ring (bicyclic) bond motifs is 6. The van der Waals surface area contributed by atoms with E-state index >= 15 is 0 Å². The molecule has 0 radical (unpaired) electrons. The first-order chi connectivity index (χ1) is 25.3. The minimum absolute atomic E-state index is 1.11. The molecule has 2 heterocycles. The molecule has 2 nitrogen and oxygen atoms in total. The lowest BCUT2D eigenvalue weighted by Crippen LogP contribution is -2.10. The third-order valence-corrected chi connectivity index (χ3v) is 11.1. The minimum atomic E-state index is 1.11. The van der Waals surface area contributed by atoms with E-state index < -0.39 is 0 Å². The van der Waals surface area contributed by atoms with E-state index in [2.05, 4.69) is 204 Å². The Balaban J connectivity index is 1.22. The van der Waals surface area contributed by atoms with Crippen molar-refractivity contribution in [3.63, 3.8) is 0 Å². The second kappa shape index (κ2) is 12.2. The van der Waals surface area contributed by atoms with Crippen molar-refractivity contribution in [2.75, 3.05) is 4.90 Å². The van der Waals surface area contributed by atoms with Gasteiger partial charge >= 0.3 is 0 Å². The van der Waals surface area contributed by atoms with Crippen LogP contribution in [0.5, 0.6) is 0 Å². The Labute approximate surface area is 300 Å². The molecule has 0 saturated heterocycles. The molecule has 51 heavy (non-hydrogen) atoms. The second-order valence-electron chi connectivity index (χ2n) is 13.0. The fourth-order valence-corrected chi connectivity index (χ4v) is 8.67. The van der Waals surface area contributed by atoms with Gasteiger partial charge in [-0.25, -0.2) is 0 Å². The summed E-state index contributed by atoms with van der Waals surface area (Å²) in [6, 6.07) is 70.5. The maximum absolute atomic E-state index is 2.40. The van der Waals surface area contributed by atoms with Gasteiger partial charge in [0.2, 0.25) is 0 Å². The molecule has 0 aliphatic heterocycles. The Morgan fingerprint density at radius 1 is 0.333 bits per heavy atom. The molecular formula is C48H32N2S. The number of para-hydroxylation sites is 3. The lowest BCUT2D eigenvalue weighted by atomic mass is 9.96. The van der Waals surface area contributed by atoms with Crippen LogP contribution in [0.1, 0.15) is 0 Å². The molecule has 240 valence electrons. The molecule has 0 unspecified atom stereocenters. The molecule has 0 amide bonds. The Hall–Kier alpha value is -6.42. The molecule has 0 N–H and O–H groups in total. The van der Waals surface area contributed by atoms with Crippen molar-refractivity contribution >= 4 is 70.4 Å². The summed E-state index contributed by atoms with van der Waals surface area (Å²) in [5.74, 6) is 0. The Bertz CT molecular complexity index is 2850. The van der Waals surface area contributed by atoms with Gasteiger partial charge in [0.25, 0.3) is 0 Å². The van der Waals surface area contributed by atoms with E-state index in [-0.39, 0.29) is 0 Å². The summed E-state index contributed by atoms with van der Waals surface area (Å²) in [5, 5.41) is 5.09. The first-order valence-corrected chi connectivity index (χ1v) is 18.2. The van der Waals surface area contributed by atoms with Crippen molar-refractivity contribution in [1.82, 2.24) is 4.57 Å². The lowest BCUT2D eigenvalue weighted by molar-refractivity contribution is 1.18. The van der Waals surface area contributed by atoms with Gasteiger partial charge in [0.1, 0.15) is 0 Å². The van der Waals surface area contributed by atoms with Crippen molar-refractivity contribution in [1.29, 1.82) is 0 Å². The molecule has 0 spiro atoms. The summed E-state index contributed by atoms with van der Waals surface area (Å²) in [5.41, 5.74) is 11.6. The number of thiophene rings is 1. The standard InChI is InChI=1S/C48H32N2S/c1-4-14-33(15-5-1)35-28-36(34-24-26-42-41-20-10-12-22-45(41)50(46(42)31-34)38-18-8-3-9-19-38)30-40(29-35)49(37-16-6-2-7-17-37)39-25-27-48-44(32-39)43-21-11-13-23-47(43)51-48/h1-32H. The molecule has 0 atom stereocenters. The highest BCUT2D eigenvalue weighted by Crippen LogP contribution is 2.43. The molecule has 0 fully saturated rings. The van der Waals surface area contributed by atoms with Crippen LogP contribution in [-0.4, -0.2) is 4.57 Å². The highest BCUT2D eigenvalue weighted by Gasteiger charge is 2.18. The van der Waals surface area contributed by atoms with Crippen molar-refractivity contribution < 1.29 is 0 Å². The first kappa shape index (κ1) is 29.5. The van der Waals surface area contributed by atoms with Crippen molar-refractivity contribution in [2.24, 2.45) is 0 Å². The van der Waals surface area contributed by atoms with Crippen LogP contribution in [0.3, 0.4) is 0 Å². The van der Waals surface area contributed by atoms with Crippen molar-refractivity contribution in [3.05, 3.63) is 194 Å². The summed E-state index contributed by atoms with van der Waals surface area (Å²) >= 11 is 1.85. The molecule has 0 aliphatic carbocycles. The number of nitrogens with zero attached hydrogens (tertiary/aromatic N) is 2. The van der Waals surface area contributed by atoms with E-state index in [4.69, 9.17) is 0 Å². The van der Waals surface area contributed by atoms with Crippen LogP contribution < -0.4 is 4.90 Å². The largest absolute Gasteiger partial charge is 0.310 e. The summed E-state index contributed by atoms with van der Waals surface area (Å²) in [7, 11) is 0. The van der Waals surface area contributed by atoms with Crippen molar-refractivity contribution in [3.8, 4) is 27.9 Å². The van der Waals surface area contributed by atoms with Crippen LogP contribution in [-0.2, 0) is 0 Å². The summed E-state index contributed by atoms with van der Waals surface area (Å²) in [6.07, 6.45) is 0. The molecular weight excluding hydrogens is 637 g/mol. The normalized spacial score (nSPS) is 11.5. The highest BCUT2D eigenvalue weighted by atomic mass is 32.1. The van der Waals surface area contributed by atoms with Gasteiger partial charge in [-0.1, -0.05) is 115 Å². The van der Waals surface area contributed by atoms with Gasteiger partial charge in [-0.05, 0) is 101 Å². The maximum atomic E-state index is 2.40. The minimum Gasteiger partial charge on any atom is -0.310 e. The van der Waals surface area contributed by atoms with Gasteiger partial charge in [0.15, 0.2) is 0 Å². The zero-order chi connectivity index (χ0) is 33.7. The van der Waals surface area contributed by atoms with Gasteiger partial charge < -0.3 is 9.47 Å². The van der Waals surface area contributed by atoms with Crippen LogP contribution in [0.15, 0.2) is 194 Å². The number of benzene rings is 8. The fourth-order valence-electron chi connectivity index (χ4n) is 7.59. The van der Waals surface area contributed by atoms with E-state index in [1.165, 1.54) is 64.2 Å². The van der Waals surface area contributed by atoms with Gasteiger partial charge in [0, 0.05) is 53.7 Å². The smallest absolute Gasteiger partial charge is 0.0547 e. The Morgan fingerprint density at radius 3 is 1.76 bits per heavy atom. The third kappa shape index (κ3) is 5.10. The molecule has 0 saturated carbocycles. The average molecular weight is 669 g/mol. The molecule has 3 heteroatoms. The highest BCUT2D eigenvalue weighted by molar-refractivity contribution is 7.25. The fraction of sp³-hybridized carbons (Fsp3) is 0. The summed E-state index contributed by atoms with van der Waals surface area (Å²) in [6.45, 7) is 0. The van der Waals surface area contributed by atoms with Crippen LogP contribution in [0, 0.1) is 0 Å². The van der Waals surface area contributed by atoms with Crippen molar-refractivity contribution in [2.45, 2.75) is 0 Å².